The van der Waals surface area contributed by atoms with E-state index in [1.54, 1.807) is 6.07 Å². The maximum atomic E-state index is 11.9. The predicted octanol–water partition coefficient (Wildman–Crippen LogP) is 2.23. The Morgan fingerprint density at radius 2 is 1.65 bits per heavy atom. The minimum Gasteiger partial charge on any atom is -0.465 e. The predicted molar refractivity (Wildman–Crippen MR) is 76.9 cm³/mol. The van der Waals surface area contributed by atoms with Crippen LogP contribution in [0, 0.1) is 0 Å². The molecule has 2 aromatic carbocycles. The molecule has 0 atom stereocenters. The van der Waals surface area contributed by atoms with Crippen molar-refractivity contribution in [3.05, 3.63) is 48.0 Å². The van der Waals surface area contributed by atoms with Gasteiger partial charge < -0.3 is 15.7 Å². The molecule has 5 nitrogen and oxygen atoms in total. The van der Waals surface area contributed by atoms with Crippen LogP contribution >= 0.6 is 0 Å². The standard InChI is InChI=1S/C15H16N2O3/c18-14(16-8-3-9-17-15(19)20)13-7-6-11-4-1-2-5-12(11)10-13/h1-2,4-7,10,17H,3,8-9H2,(H,16,18)(H,19,20). The molecule has 0 saturated heterocycles. The number of carbonyl (C=O) groups excluding carboxylic acids is 1. The van der Waals surface area contributed by atoms with Crippen molar-refractivity contribution in [2.45, 2.75) is 6.42 Å². The van der Waals surface area contributed by atoms with E-state index in [0.29, 0.717) is 25.1 Å². The lowest BCUT2D eigenvalue weighted by Gasteiger charge is -2.06. The zero-order chi connectivity index (χ0) is 14.4. The average Bonchev–Trinajstić information content (AvgIpc) is 2.46. The molecule has 2 aromatic rings. The molecule has 0 radical (unpaired) electrons. The second-order valence-electron chi connectivity index (χ2n) is 4.40. The van der Waals surface area contributed by atoms with Gasteiger partial charge in [-0.2, -0.15) is 0 Å². The number of rotatable bonds is 5. The lowest BCUT2D eigenvalue weighted by atomic mass is 10.1. The van der Waals surface area contributed by atoms with Crippen molar-refractivity contribution in [1.82, 2.24) is 10.6 Å². The molecule has 2 rings (SSSR count). The molecule has 0 aliphatic rings. The van der Waals surface area contributed by atoms with Crippen LogP contribution in [0.25, 0.3) is 10.8 Å². The van der Waals surface area contributed by atoms with E-state index in [1.807, 2.05) is 36.4 Å². The largest absolute Gasteiger partial charge is 0.465 e. The summed E-state index contributed by atoms with van der Waals surface area (Å²) < 4.78 is 0. The van der Waals surface area contributed by atoms with Crippen LogP contribution in [0.5, 0.6) is 0 Å². The summed E-state index contributed by atoms with van der Waals surface area (Å²) in [7, 11) is 0. The molecule has 0 saturated carbocycles. The first-order chi connectivity index (χ1) is 9.66. The highest BCUT2D eigenvalue weighted by Gasteiger charge is 2.05. The highest BCUT2D eigenvalue weighted by molar-refractivity contribution is 5.98. The van der Waals surface area contributed by atoms with Crippen LogP contribution in [0.2, 0.25) is 0 Å². The van der Waals surface area contributed by atoms with Gasteiger partial charge >= 0.3 is 6.09 Å². The fourth-order valence-electron chi connectivity index (χ4n) is 1.92. The minimum absolute atomic E-state index is 0.147. The molecule has 2 amide bonds. The molecule has 5 heteroatoms. The van der Waals surface area contributed by atoms with Gasteiger partial charge in [-0.25, -0.2) is 4.79 Å². The Labute approximate surface area is 116 Å². The number of hydrogen-bond donors (Lipinski definition) is 3. The van der Waals surface area contributed by atoms with Crippen LogP contribution in [0.3, 0.4) is 0 Å². The van der Waals surface area contributed by atoms with Gasteiger partial charge in [0, 0.05) is 18.7 Å². The Morgan fingerprint density at radius 1 is 0.950 bits per heavy atom. The molecule has 0 fully saturated rings. The Morgan fingerprint density at radius 3 is 2.40 bits per heavy atom. The molecule has 104 valence electrons. The third-order valence-electron chi connectivity index (χ3n) is 2.93. The summed E-state index contributed by atoms with van der Waals surface area (Å²) in [5.74, 6) is -0.147. The maximum absolute atomic E-state index is 11.9. The zero-order valence-electron chi connectivity index (χ0n) is 10.9. The third kappa shape index (κ3) is 3.71. The molecular weight excluding hydrogens is 256 g/mol. The molecule has 0 aromatic heterocycles. The number of carboxylic acid groups (broad SMARTS) is 1. The van der Waals surface area contributed by atoms with Gasteiger partial charge in [-0.1, -0.05) is 30.3 Å². The van der Waals surface area contributed by atoms with Crippen LogP contribution in [-0.4, -0.2) is 30.2 Å². The number of hydrogen-bond acceptors (Lipinski definition) is 2. The molecule has 0 bridgehead atoms. The average molecular weight is 272 g/mol. The van der Waals surface area contributed by atoms with Crippen molar-refractivity contribution in [2.24, 2.45) is 0 Å². The highest BCUT2D eigenvalue weighted by atomic mass is 16.4. The summed E-state index contributed by atoms with van der Waals surface area (Å²) in [6, 6.07) is 13.4. The van der Waals surface area contributed by atoms with Gasteiger partial charge in [-0.05, 0) is 29.3 Å². The molecule has 0 spiro atoms. The van der Waals surface area contributed by atoms with E-state index in [1.165, 1.54) is 0 Å². The first kappa shape index (κ1) is 13.9. The Kier molecular flexibility index (Phi) is 4.55. The van der Waals surface area contributed by atoms with Gasteiger partial charge in [0.2, 0.25) is 0 Å². The minimum atomic E-state index is -1.05. The van der Waals surface area contributed by atoms with E-state index in [2.05, 4.69) is 10.6 Å². The topological polar surface area (TPSA) is 78.4 Å². The number of nitrogens with one attached hydrogen (secondary N) is 2. The van der Waals surface area contributed by atoms with E-state index in [4.69, 9.17) is 5.11 Å². The Bertz CT molecular complexity index is 625. The van der Waals surface area contributed by atoms with Crippen molar-refractivity contribution >= 4 is 22.8 Å². The molecule has 20 heavy (non-hydrogen) atoms. The third-order valence-corrected chi connectivity index (χ3v) is 2.93. The van der Waals surface area contributed by atoms with E-state index in [9.17, 15) is 9.59 Å². The summed E-state index contributed by atoms with van der Waals surface area (Å²) in [6.45, 7) is 0.763. The molecule has 0 aliphatic heterocycles. The van der Waals surface area contributed by atoms with Crippen molar-refractivity contribution in [2.75, 3.05) is 13.1 Å². The molecule has 0 aliphatic carbocycles. The number of benzene rings is 2. The van der Waals surface area contributed by atoms with Crippen LogP contribution in [-0.2, 0) is 0 Å². The lowest BCUT2D eigenvalue weighted by Crippen LogP contribution is -2.29. The van der Waals surface area contributed by atoms with Crippen molar-refractivity contribution in [3.8, 4) is 0 Å². The second kappa shape index (κ2) is 6.56. The van der Waals surface area contributed by atoms with E-state index >= 15 is 0 Å². The zero-order valence-corrected chi connectivity index (χ0v) is 10.9. The smallest absolute Gasteiger partial charge is 0.404 e. The quantitative estimate of drug-likeness (QED) is 0.730. The SMILES string of the molecule is O=C(O)NCCCNC(=O)c1ccc2ccccc2c1. The van der Waals surface area contributed by atoms with E-state index < -0.39 is 6.09 Å². The summed E-state index contributed by atoms with van der Waals surface area (Å²) in [6.07, 6.45) is -0.489. The molecule has 0 heterocycles. The van der Waals surface area contributed by atoms with Gasteiger partial charge in [0.25, 0.3) is 5.91 Å². The Hall–Kier alpha value is -2.56. The first-order valence-electron chi connectivity index (χ1n) is 6.40. The normalized spacial score (nSPS) is 10.2. The summed E-state index contributed by atoms with van der Waals surface area (Å²) in [4.78, 5) is 22.2. The molecule has 3 N–H and O–H groups in total. The fourth-order valence-corrected chi connectivity index (χ4v) is 1.92. The highest BCUT2D eigenvalue weighted by Crippen LogP contribution is 2.15. The number of amides is 2. The molecular formula is C15H16N2O3. The molecule has 0 unspecified atom stereocenters. The van der Waals surface area contributed by atoms with Crippen LogP contribution in [0.1, 0.15) is 16.8 Å². The second-order valence-corrected chi connectivity index (χ2v) is 4.40. The number of carbonyl (C=O) groups is 2. The van der Waals surface area contributed by atoms with E-state index in [0.717, 1.165) is 10.8 Å². The van der Waals surface area contributed by atoms with Crippen LogP contribution in [0.15, 0.2) is 42.5 Å². The van der Waals surface area contributed by atoms with Crippen molar-refractivity contribution in [3.63, 3.8) is 0 Å². The van der Waals surface area contributed by atoms with Gasteiger partial charge in [0.15, 0.2) is 0 Å². The van der Waals surface area contributed by atoms with Crippen molar-refractivity contribution < 1.29 is 14.7 Å². The summed E-state index contributed by atoms with van der Waals surface area (Å²) >= 11 is 0. The maximum Gasteiger partial charge on any atom is 0.404 e. The van der Waals surface area contributed by atoms with Gasteiger partial charge in [0.1, 0.15) is 0 Å². The van der Waals surface area contributed by atoms with Gasteiger partial charge in [-0.15, -0.1) is 0 Å². The summed E-state index contributed by atoms with van der Waals surface area (Å²) in [5.41, 5.74) is 0.606. The van der Waals surface area contributed by atoms with Crippen molar-refractivity contribution in [1.29, 1.82) is 0 Å². The Balaban J connectivity index is 1.89. The van der Waals surface area contributed by atoms with E-state index in [-0.39, 0.29) is 5.91 Å². The fraction of sp³-hybridized carbons (Fsp3) is 0.200. The summed E-state index contributed by atoms with van der Waals surface area (Å²) in [5, 5.41) is 15.5. The van der Waals surface area contributed by atoms with Crippen LogP contribution in [0.4, 0.5) is 4.79 Å². The van der Waals surface area contributed by atoms with Gasteiger partial charge in [0.05, 0.1) is 0 Å². The first-order valence-corrected chi connectivity index (χ1v) is 6.40. The van der Waals surface area contributed by atoms with Gasteiger partial charge in [-0.3, -0.25) is 4.79 Å². The monoisotopic (exact) mass is 272 g/mol. The number of fused-ring (bicyclic) bond motifs is 1. The van der Waals surface area contributed by atoms with Crippen LogP contribution < -0.4 is 10.6 Å². The lowest BCUT2D eigenvalue weighted by molar-refractivity contribution is 0.0953.